The minimum absolute atomic E-state index is 0.322. The predicted molar refractivity (Wildman–Crippen MR) is 107 cm³/mol. The minimum Gasteiger partial charge on any atom is -0.463 e. The van der Waals surface area contributed by atoms with Crippen molar-refractivity contribution in [3.63, 3.8) is 0 Å². The van der Waals surface area contributed by atoms with Crippen LogP contribution in [0.3, 0.4) is 0 Å². The van der Waals surface area contributed by atoms with Crippen LogP contribution in [0.25, 0.3) is 0 Å². The Kier molecular flexibility index (Phi) is 16.2. The van der Waals surface area contributed by atoms with Crippen LogP contribution in [0.5, 0.6) is 0 Å². The lowest BCUT2D eigenvalue weighted by Crippen LogP contribution is -2.17. The van der Waals surface area contributed by atoms with Crippen LogP contribution in [0.4, 0.5) is 0 Å². The largest absolute Gasteiger partial charge is 0.463 e. The first-order valence-electron chi connectivity index (χ1n) is 10.7. The highest BCUT2D eigenvalue weighted by Gasteiger charge is 2.22. The molecule has 0 fully saturated rings. The monoisotopic (exact) mass is 368 g/mol. The minimum atomic E-state index is -0.358. The second kappa shape index (κ2) is 17.1. The van der Waals surface area contributed by atoms with Gasteiger partial charge in [-0.05, 0) is 39.5 Å². The number of ether oxygens (including phenoxy) is 2. The molecule has 0 aliphatic rings. The summed E-state index contributed by atoms with van der Waals surface area (Å²) >= 11 is 0. The van der Waals surface area contributed by atoms with Gasteiger partial charge in [-0.15, -0.1) is 0 Å². The lowest BCUT2D eigenvalue weighted by atomic mass is 9.97. The molecular formula is C22H40O4. The van der Waals surface area contributed by atoms with Gasteiger partial charge in [0, 0.05) is 11.1 Å². The molecule has 0 aliphatic heterocycles. The van der Waals surface area contributed by atoms with E-state index in [0.29, 0.717) is 37.2 Å². The first-order valence-corrected chi connectivity index (χ1v) is 10.7. The SMILES string of the molecule is CCCCCCCCCCC(C(=O)OCC)=C(CCCC)C(=O)OCC. The molecule has 26 heavy (non-hydrogen) atoms. The summed E-state index contributed by atoms with van der Waals surface area (Å²) in [5.74, 6) is -0.710. The fourth-order valence-electron chi connectivity index (χ4n) is 2.98. The molecular weight excluding hydrogens is 328 g/mol. The molecule has 0 radical (unpaired) electrons. The van der Waals surface area contributed by atoms with Gasteiger partial charge in [-0.2, -0.15) is 0 Å². The zero-order valence-corrected chi connectivity index (χ0v) is 17.5. The standard InChI is InChI=1S/C22H40O4/c1-5-9-11-12-13-14-15-16-18-20(22(24)26-8-4)19(17-10-6-2)21(23)25-7-3/h5-18H2,1-4H3. The van der Waals surface area contributed by atoms with Crippen molar-refractivity contribution in [2.45, 2.75) is 105 Å². The number of unbranched alkanes of at least 4 members (excludes halogenated alkanes) is 8. The lowest BCUT2D eigenvalue weighted by Gasteiger charge is -2.14. The van der Waals surface area contributed by atoms with Gasteiger partial charge in [0.25, 0.3) is 0 Å². The molecule has 0 aromatic rings. The van der Waals surface area contributed by atoms with Crippen LogP contribution in [-0.2, 0) is 19.1 Å². The van der Waals surface area contributed by atoms with Gasteiger partial charge in [0.05, 0.1) is 13.2 Å². The van der Waals surface area contributed by atoms with Crippen molar-refractivity contribution < 1.29 is 19.1 Å². The number of esters is 2. The highest BCUT2D eigenvalue weighted by molar-refractivity contribution is 6.00. The van der Waals surface area contributed by atoms with Crippen molar-refractivity contribution in [3.05, 3.63) is 11.1 Å². The predicted octanol–water partition coefficient (Wildman–Crippen LogP) is 6.13. The summed E-state index contributed by atoms with van der Waals surface area (Å²) < 4.78 is 10.4. The van der Waals surface area contributed by atoms with Crippen LogP contribution in [0, 0.1) is 0 Å². The molecule has 0 heterocycles. The molecule has 0 aliphatic carbocycles. The normalized spacial score (nSPS) is 11.8. The van der Waals surface area contributed by atoms with E-state index < -0.39 is 0 Å². The highest BCUT2D eigenvalue weighted by atomic mass is 16.5. The van der Waals surface area contributed by atoms with Crippen molar-refractivity contribution in [3.8, 4) is 0 Å². The molecule has 0 N–H and O–H groups in total. The van der Waals surface area contributed by atoms with Crippen LogP contribution < -0.4 is 0 Å². The van der Waals surface area contributed by atoms with E-state index in [2.05, 4.69) is 13.8 Å². The first kappa shape index (κ1) is 24.7. The Morgan fingerprint density at radius 1 is 0.538 bits per heavy atom. The Labute approximate surface area is 160 Å². The summed E-state index contributed by atoms with van der Waals surface area (Å²) in [6.45, 7) is 8.53. The van der Waals surface area contributed by atoms with Crippen molar-refractivity contribution in [2.75, 3.05) is 13.2 Å². The third kappa shape index (κ3) is 11.3. The van der Waals surface area contributed by atoms with E-state index in [-0.39, 0.29) is 11.9 Å². The Morgan fingerprint density at radius 2 is 0.923 bits per heavy atom. The molecule has 4 nitrogen and oxygen atoms in total. The van der Waals surface area contributed by atoms with Gasteiger partial charge >= 0.3 is 11.9 Å². The van der Waals surface area contributed by atoms with E-state index in [1.54, 1.807) is 13.8 Å². The van der Waals surface area contributed by atoms with Gasteiger partial charge < -0.3 is 9.47 Å². The third-order valence-corrected chi connectivity index (χ3v) is 4.47. The van der Waals surface area contributed by atoms with Gasteiger partial charge in [-0.25, -0.2) is 9.59 Å². The molecule has 0 unspecified atom stereocenters. The fourth-order valence-corrected chi connectivity index (χ4v) is 2.98. The Hall–Kier alpha value is -1.32. The van der Waals surface area contributed by atoms with Gasteiger partial charge in [0.2, 0.25) is 0 Å². The molecule has 0 bridgehead atoms. The van der Waals surface area contributed by atoms with Crippen molar-refractivity contribution in [1.29, 1.82) is 0 Å². The van der Waals surface area contributed by atoms with Gasteiger partial charge in [0.1, 0.15) is 0 Å². The van der Waals surface area contributed by atoms with E-state index in [9.17, 15) is 9.59 Å². The highest BCUT2D eigenvalue weighted by Crippen LogP contribution is 2.22. The van der Waals surface area contributed by atoms with E-state index in [0.717, 1.165) is 25.7 Å². The van der Waals surface area contributed by atoms with E-state index >= 15 is 0 Å². The zero-order valence-electron chi connectivity index (χ0n) is 17.5. The number of rotatable bonds is 16. The second-order valence-electron chi connectivity index (χ2n) is 6.73. The van der Waals surface area contributed by atoms with E-state index in [1.165, 1.54) is 38.5 Å². The molecule has 0 aromatic carbocycles. The number of carbonyl (C=O) groups excluding carboxylic acids is 2. The smallest absolute Gasteiger partial charge is 0.334 e. The van der Waals surface area contributed by atoms with Crippen LogP contribution in [0.15, 0.2) is 11.1 Å². The molecule has 0 spiro atoms. The zero-order chi connectivity index (χ0) is 19.6. The topological polar surface area (TPSA) is 52.6 Å². The van der Waals surface area contributed by atoms with Crippen LogP contribution in [0.2, 0.25) is 0 Å². The Bertz CT molecular complexity index is 412. The van der Waals surface area contributed by atoms with Crippen LogP contribution in [-0.4, -0.2) is 25.2 Å². The van der Waals surface area contributed by atoms with Crippen molar-refractivity contribution >= 4 is 11.9 Å². The molecule has 0 saturated carbocycles. The maximum absolute atomic E-state index is 12.4. The maximum atomic E-state index is 12.4. The molecule has 0 saturated heterocycles. The van der Waals surface area contributed by atoms with Crippen molar-refractivity contribution in [2.24, 2.45) is 0 Å². The van der Waals surface area contributed by atoms with E-state index in [4.69, 9.17) is 9.47 Å². The average molecular weight is 369 g/mol. The Balaban J connectivity index is 4.81. The third-order valence-electron chi connectivity index (χ3n) is 4.47. The maximum Gasteiger partial charge on any atom is 0.334 e. The summed E-state index contributed by atoms with van der Waals surface area (Å²) in [7, 11) is 0. The summed E-state index contributed by atoms with van der Waals surface area (Å²) in [4.78, 5) is 24.8. The number of carbonyl (C=O) groups is 2. The molecule has 0 amide bonds. The first-order chi connectivity index (χ1) is 12.6. The summed E-state index contributed by atoms with van der Waals surface area (Å²) in [6, 6.07) is 0. The van der Waals surface area contributed by atoms with Crippen LogP contribution in [0.1, 0.15) is 105 Å². The van der Waals surface area contributed by atoms with Gasteiger partial charge in [-0.1, -0.05) is 65.2 Å². The molecule has 0 rings (SSSR count). The number of hydrogen-bond acceptors (Lipinski definition) is 4. The summed E-state index contributed by atoms with van der Waals surface area (Å²) in [5, 5.41) is 0. The fraction of sp³-hybridized carbons (Fsp3) is 0.818. The molecule has 152 valence electrons. The van der Waals surface area contributed by atoms with E-state index in [1.807, 2.05) is 0 Å². The average Bonchev–Trinajstić information content (AvgIpc) is 2.62. The molecule has 0 atom stereocenters. The number of hydrogen-bond donors (Lipinski definition) is 0. The Morgan fingerprint density at radius 3 is 1.35 bits per heavy atom. The summed E-state index contributed by atoms with van der Waals surface area (Å²) in [6.07, 6.45) is 12.6. The second-order valence-corrected chi connectivity index (χ2v) is 6.73. The van der Waals surface area contributed by atoms with Gasteiger partial charge in [-0.3, -0.25) is 0 Å². The quantitative estimate of drug-likeness (QED) is 0.187. The molecule has 0 aromatic heterocycles. The lowest BCUT2D eigenvalue weighted by molar-refractivity contribution is -0.142. The van der Waals surface area contributed by atoms with Crippen molar-refractivity contribution in [1.82, 2.24) is 0 Å². The molecule has 4 heteroatoms. The van der Waals surface area contributed by atoms with Gasteiger partial charge in [0.15, 0.2) is 0 Å². The summed E-state index contributed by atoms with van der Waals surface area (Å²) in [5.41, 5.74) is 1.06. The van der Waals surface area contributed by atoms with Crippen LogP contribution >= 0.6 is 0 Å².